The van der Waals surface area contributed by atoms with Gasteiger partial charge in [0.25, 0.3) is 0 Å². The maximum absolute atomic E-state index is 5.25. The first-order valence-corrected chi connectivity index (χ1v) is 6.02. The minimum Gasteiger partial charge on any atom is -0.496 e. The lowest BCUT2D eigenvalue weighted by Gasteiger charge is -2.05. The van der Waals surface area contributed by atoms with Gasteiger partial charge in [0.1, 0.15) is 10.8 Å². The van der Waals surface area contributed by atoms with Crippen LogP contribution in [0.5, 0.6) is 5.75 Å². The van der Waals surface area contributed by atoms with Crippen molar-refractivity contribution in [2.24, 2.45) is 0 Å². The number of hydrogen-bond donors (Lipinski definition) is 0. The van der Waals surface area contributed by atoms with E-state index in [1.807, 2.05) is 13.0 Å². The summed E-state index contributed by atoms with van der Waals surface area (Å²) in [6.45, 7) is 6.20. The molecule has 2 nitrogen and oxygen atoms in total. The van der Waals surface area contributed by atoms with Crippen LogP contribution in [0.4, 0.5) is 0 Å². The van der Waals surface area contributed by atoms with E-state index in [9.17, 15) is 0 Å². The lowest BCUT2D eigenvalue weighted by molar-refractivity contribution is 0.412. The zero-order valence-electron chi connectivity index (χ0n) is 10.00. The van der Waals surface area contributed by atoms with Crippen molar-refractivity contribution in [1.29, 1.82) is 0 Å². The van der Waals surface area contributed by atoms with Gasteiger partial charge in [0, 0.05) is 10.4 Å². The molecule has 2 aromatic rings. The first-order valence-electron chi connectivity index (χ1n) is 5.21. The summed E-state index contributed by atoms with van der Waals surface area (Å²) in [5, 5.41) is 1.08. The minimum absolute atomic E-state index is 0.925. The van der Waals surface area contributed by atoms with Crippen molar-refractivity contribution in [3.63, 3.8) is 0 Å². The van der Waals surface area contributed by atoms with E-state index in [2.05, 4.69) is 31.0 Å². The van der Waals surface area contributed by atoms with Crippen LogP contribution >= 0.6 is 11.3 Å². The number of benzene rings is 1. The Morgan fingerprint density at radius 1 is 1.19 bits per heavy atom. The highest BCUT2D eigenvalue weighted by Gasteiger charge is 2.07. The lowest BCUT2D eigenvalue weighted by Crippen LogP contribution is -1.87. The van der Waals surface area contributed by atoms with Gasteiger partial charge in [0.05, 0.1) is 12.8 Å². The fraction of sp³-hybridized carbons (Fsp3) is 0.308. The van der Waals surface area contributed by atoms with Gasteiger partial charge in [-0.25, -0.2) is 4.98 Å². The Hall–Kier alpha value is -1.35. The van der Waals surface area contributed by atoms with Crippen LogP contribution in [0, 0.1) is 20.8 Å². The molecule has 84 valence electrons. The standard InChI is InChI=1S/C13H15NOS/c1-8-7-11(5-6-12(8)15-4)13-14-9(2)10(3)16-13/h5-7H,1-4H3. The molecule has 1 aromatic heterocycles. The Labute approximate surface area is 99.9 Å². The Morgan fingerprint density at radius 2 is 1.94 bits per heavy atom. The zero-order valence-corrected chi connectivity index (χ0v) is 10.8. The third kappa shape index (κ3) is 1.95. The summed E-state index contributed by atoms with van der Waals surface area (Å²) in [7, 11) is 1.69. The van der Waals surface area contributed by atoms with E-state index >= 15 is 0 Å². The molecule has 1 aromatic carbocycles. The number of hydrogen-bond acceptors (Lipinski definition) is 3. The number of ether oxygens (including phenoxy) is 1. The molecule has 0 aliphatic rings. The summed E-state index contributed by atoms with van der Waals surface area (Å²) in [5.74, 6) is 0.925. The van der Waals surface area contributed by atoms with E-state index in [0.717, 1.165) is 22.0 Å². The molecule has 0 unspecified atom stereocenters. The van der Waals surface area contributed by atoms with Crippen LogP contribution in [-0.2, 0) is 0 Å². The van der Waals surface area contributed by atoms with Gasteiger partial charge in [0.15, 0.2) is 0 Å². The van der Waals surface area contributed by atoms with Crippen LogP contribution in [0.15, 0.2) is 18.2 Å². The van der Waals surface area contributed by atoms with Crippen molar-refractivity contribution in [1.82, 2.24) is 4.98 Å². The molecule has 3 heteroatoms. The Bertz CT molecular complexity index is 497. The second-order valence-electron chi connectivity index (χ2n) is 3.85. The Morgan fingerprint density at radius 3 is 2.44 bits per heavy atom. The third-order valence-electron chi connectivity index (χ3n) is 2.67. The van der Waals surface area contributed by atoms with Gasteiger partial charge in [-0.3, -0.25) is 0 Å². The summed E-state index contributed by atoms with van der Waals surface area (Å²) in [6.07, 6.45) is 0. The van der Waals surface area contributed by atoms with E-state index in [1.54, 1.807) is 18.4 Å². The van der Waals surface area contributed by atoms with Crippen molar-refractivity contribution in [3.05, 3.63) is 34.3 Å². The van der Waals surface area contributed by atoms with E-state index in [0.29, 0.717) is 0 Å². The van der Waals surface area contributed by atoms with Crippen LogP contribution in [0.1, 0.15) is 16.1 Å². The molecule has 0 aliphatic heterocycles. The maximum Gasteiger partial charge on any atom is 0.123 e. The molecule has 0 N–H and O–H groups in total. The average molecular weight is 233 g/mol. The summed E-state index contributed by atoms with van der Waals surface area (Å²) >= 11 is 1.74. The number of rotatable bonds is 2. The first-order chi connectivity index (χ1) is 7.61. The summed E-state index contributed by atoms with van der Waals surface area (Å²) in [6, 6.07) is 6.18. The van der Waals surface area contributed by atoms with Crippen LogP contribution in [0.2, 0.25) is 0 Å². The predicted molar refractivity (Wildman–Crippen MR) is 68.3 cm³/mol. The number of thiazole rings is 1. The molecule has 2 rings (SSSR count). The molecule has 0 bridgehead atoms. The number of methoxy groups -OCH3 is 1. The van der Waals surface area contributed by atoms with E-state index in [4.69, 9.17) is 4.74 Å². The highest BCUT2D eigenvalue weighted by atomic mass is 32.1. The topological polar surface area (TPSA) is 22.1 Å². The first kappa shape index (κ1) is 11.1. The van der Waals surface area contributed by atoms with Gasteiger partial charge in [0.2, 0.25) is 0 Å². The summed E-state index contributed by atoms with van der Waals surface area (Å²) in [4.78, 5) is 5.84. The predicted octanol–water partition coefficient (Wildman–Crippen LogP) is 3.74. The van der Waals surface area contributed by atoms with Gasteiger partial charge in [-0.2, -0.15) is 0 Å². The second kappa shape index (κ2) is 4.26. The molecular formula is C13H15NOS. The number of aryl methyl sites for hydroxylation is 3. The molecule has 0 atom stereocenters. The molecule has 0 saturated heterocycles. The van der Waals surface area contributed by atoms with Crippen LogP contribution in [0.3, 0.4) is 0 Å². The SMILES string of the molecule is COc1ccc(-c2nc(C)c(C)s2)cc1C. The van der Waals surface area contributed by atoms with Gasteiger partial charge in [-0.05, 0) is 44.5 Å². The van der Waals surface area contributed by atoms with Crippen molar-refractivity contribution >= 4 is 11.3 Å². The largest absolute Gasteiger partial charge is 0.496 e. The van der Waals surface area contributed by atoms with Crippen molar-refractivity contribution < 1.29 is 4.74 Å². The number of nitrogens with zero attached hydrogens (tertiary/aromatic N) is 1. The van der Waals surface area contributed by atoms with Crippen LogP contribution < -0.4 is 4.74 Å². The smallest absolute Gasteiger partial charge is 0.123 e. The van der Waals surface area contributed by atoms with E-state index in [-0.39, 0.29) is 0 Å². The molecular weight excluding hydrogens is 218 g/mol. The number of aromatic nitrogens is 1. The maximum atomic E-state index is 5.25. The second-order valence-corrected chi connectivity index (χ2v) is 5.05. The molecule has 0 fully saturated rings. The highest BCUT2D eigenvalue weighted by molar-refractivity contribution is 7.15. The van der Waals surface area contributed by atoms with E-state index < -0.39 is 0 Å². The monoisotopic (exact) mass is 233 g/mol. The van der Waals surface area contributed by atoms with E-state index in [1.165, 1.54) is 10.4 Å². The average Bonchev–Trinajstić information content (AvgIpc) is 2.59. The minimum atomic E-state index is 0.925. The fourth-order valence-corrected chi connectivity index (χ4v) is 2.52. The Balaban J connectivity index is 2.45. The van der Waals surface area contributed by atoms with Crippen molar-refractivity contribution in [3.8, 4) is 16.3 Å². The van der Waals surface area contributed by atoms with Crippen LogP contribution in [0.25, 0.3) is 10.6 Å². The zero-order chi connectivity index (χ0) is 11.7. The molecule has 0 amide bonds. The molecule has 0 aliphatic carbocycles. The van der Waals surface area contributed by atoms with Crippen molar-refractivity contribution in [2.75, 3.05) is 7.11 Å². The fourth-order valence-electron chi connectivity index (χ4n) is 1.61. The highest BCUT2D eigenvalue weighted by Crippen LogP contribution is 2.30. The molecule has 0 spiro atoms. The summed E-state index contributed by atoms with van der Waals surface area (Å²) < 4.78 is 5.25. The quantitative estimate of drug-likeness (QED) is 0.788. The van der Waals surface area contributed by atoms with Gasteiger partial charge >= 0.3 is 0 Å². The lowest BCUT2D eigenvalue weighted by atomic mass is 10.1. The van der Waals surface area contributed by atoms with Gasteiger partial charge in [-0.1, -0.05) is 0 Å². The molecule has 1 heterocycles. The van der Waals surface area contributed by atoms with Crippen molar-refractivity contribution in [2.45, 2.75) is 20.8 Å². The van der Waals surface area contributed by atoms with Gasteiger partial charge < -0.3 is 4.74 Å². The molecule has 0 saturated carbocycles. The molecule has 0 radical (unpaired) electrons. The van der Waals surface area contributed by atoms with Crippen LogP contribution in [-0.4, -0.2) is 12.1 Å². The Kier molecular flexibility index (Phi) is 2.97. The summed E-state index contributed by atoms with van der Waals surface area (Å²) in [5.41, 5.74) is 3.43. The normalized spacial score (nSPS) is 10.5. The van der Waals surface area contributed by atoms with Gasteiger partial charge in [-0.15, -0.1) is 11.3 Å². The third-order valence-corrected chi connectivity index (χ3v) is 3.79. The molecule has 16 heavy (non-hydrogen) atoms.